The van der Waals surface area contributed by atoms with Crippen molar-refractivity contribution in [2.75, 3.05) is 14.2 Å². The van der Waals surface area contributed by atoms with Crippen molar-refractivity contribution < 1.29 is 9.53 Å². The highest BCUT2D eigenvalue weighted by Gasteiger charge is 2.30. The van der Waals surface area contributed by atoms with Crippen LogP contribution in [0, 0.1) is 0 Å². The van der Waals surface area contributed by atoms with E-state index in [2.05, 4.69) is 26.7 Å². The van der Waals surface area contributed by atoms with E-state index in [0.29, 0.717) is 11.4 Å². The monoisotopic (exact) mass is 349 g/mol. The van der Waals surface area contributed by atoms with Gasteiger partial charge in [0, 0.05) is 18.2 Å². The van der Waals surface area contributed by atoms with Gasteiger partial charge in [0.25, 0.3) is 5.91 Å². The molecule has 7 heteroatoms. The fourth-order valence-corrected chi connectivity index (χ4v) is 3.58. The molecule has 0 fully saturated rings. The molecule has 26 heavy (non-hydrogen) atoms. The van der Waals surface area contributed by atoms with Gasteiger partial charge in [-0.3, -0.25) is 4.79 Å². The predicted octanol–water partition coefficient (Wildman–Crippen LogP) is 2.63. The number of hydrogen-bond donors (Lipinski definition) is 1. The zero-order valence-electron chi connectivity index (χ0n) is 14.6. The Morgan fingerprint density at radius 1 is 1.23 bits per heavy atom. The molecule has 0 saturated heterocycles. The molecular formula is C19H19N5O2. The first-order valence-electron chi connectivity index (χ1n) is 8.46. The lowest BCUT2D eigenvalue weighted by atomic mass is 10.0. The van der Waals surface area contributed by atoms with Gasteiger partial charge in [0.2, 0.25) is 5.82 Å². The first kappa shape index (κ1) is 16.3. The number of amides is 1. The largest absolute Gasteiger partial charge is 0.496 e. The van der Waals surface area contributed by atoms with E-state index in [4.69, 9.17) is 4.74 Å². The maximum absolute atomic E-state index is 12.9. The average Bonchev–Trinajstić information content (AvgIpc) is 3.36. The van der Waals surface area contributed by atoms with Crippen LogP contribution in [0.4, 0.5) is 0 Å². The number of nitrogens with zero attached hydrogens (tertiary/aromatic N) is 4. The number of hydrogen-bond acceptors (Lipinski definition) is 5. The fraction of sp³-hybridized carbons (Fsp3) is 0.263. The zero-order chi connectivity index (χ0) is 18.1. The molecule has 0 spiro atoms. The summed E-state index contributed by atoms with van der Waals surface area (Å²) in [6, 6.07) is 13.4. The van der Waals surface area contributed by atoms with E-state index in [0.717, 1.165) is 24.2 Å². The van der Waals surface area contributed by atoms with Crippen molar-refractivity contribution in [1.29, 1.82) is 0 Å². The van der Waals surface area contributed by atoms with Crippen LogP contribution in [0.25, 0.3) is 11.4 Å². The van der Waals surface area contributed by atoms with Gasteiger partial charge in [-0.15, -0.1) is 10.2 Å². The van der Waals surface area contributed by atoms with Crippen molar-refractivity contribution in [3.63, 3.8) is 0 Å². The third-order valence-electron chi connectivity index (χ3n) is 4.94. The summed E-state index contributed by atoms with van der Waals surface area (Å²) in [4.78, 5) is 14.8. The van der Waals surface area contributed by atoms with Gasteiger partial charge in [-0.1, -0.05) is 24.3 Å². The Labute approximate surface area is 151 Å². The van der Waals surface area contributed by atoms with Crippen LogP contribution in [0.5, 0.6) is 5.75 Å². The van der Waals surface area contributed by atoms with E-state index < -0.39 is 0 Å². The first-order chi connectivity index (χ1) is 12.7. The van der Waals surface area contributed by atoms with Crippen LogP contribution in [0.1, 0.15) is 33.9 Å². The summed E-state index contributed by atoms with van der Waals surface area (Å²) in [5.41, 5.74) is 3.82. The van der Waals surface area contributed by atoms with E-state index >= 15 is 0 Å². The highest BCUT2D eigenvalue weighted by molar-refractivity contribution is 5.94. The molecule has 0 saturated carbocycles. The first-order valence-corrected chi connectivity index (χ1v) is 8.46. The minimum Gasteiger partial charge on any atom is -0.496 e. The number of ether oxygens (including phenoxy) is 1. The summed E-state index contributed by atoms with van der Waals surface area (Å²) in [7, 11) is 3.54. The SMILES string of the molecule is COc1cccc2c1CCC2N(C)C(=O)c1ccc(-c2nn[nH]n2)cc1. The number of carbonyl (C=O) groups is 1. The van der Waals surface area contributed by atoms with E-state index in [1.165, 1.54) is 11.1 Å². The van der Waals surface area contributed by atoms with Crippen LogP contribution in [0.3, 0.4) is 0 Å². The fourth-order valence-electron chi connectivity index (χ4n) is 3.58. The zero-order valence-corrected chi connectivity index (χ0v) is 14.6. The molecular weight excluding hydrogens is 330 g/mol. The highest BCUT2D eigenvalue weighted by Crippen LogP contribution is 2.40. The lowest BCUT2D eigenvalue weighted by Crippen LogP contribution is -2.30. The van der Waals surface area contributed by atoms with Crippen LogP contribution in [0.2, 0.25) is 0 Å². The number of rotatable bonds is 4. The third kappa shape index (κ3) is 2.71. The molecule has 1 aromatic heterocycles. The highest BCUT2D eigenvalue weighted by atomic mass is 16.5. The molecule has 132 valence electrons. The summed E-state index contributed by atoms with van der Waals surface area (Å²) in [6.07, 6.45) is 1.82. The minimum atomic E-state index is -0.00895. The lowest BCUT2D eigenvalue weighted by molar-refractivity contribution is 0.0730. The number of benzene rings is 2. The molecule has 0 bridgehead atoms. The van der Waals surface area contributed by atoms with Crippen LogP contribution < -0.4 is 4.74 Å². The van der Waals surface area contributed by atoms with Crippen molar-refractivity contribution in [2.24, 2.45) is 0 Å². The predicted molar refractivity (Wildman–Crippen MR) is 95.8 cm³/mol. The molecule has 3 aromatic rings. The van der Waals surface area contributed by atoms with Crippen molar-refractivity contribution in [1.82, 2.24) is 25.5 Å². The van der Waals surface area contributed by atoms with Gasteiger partial charge in [0.05, 0.1) is 13.2 Å². The number of aromatic nitrogens is 4. The number of nitrogens with one attached hydrogen (secondary N) is 1. The van der Waals surface area contributed by atoms with Gasteiger partial charge in [-0.2, -0.15) is 5.21 Å². The van der Waals surface area contributed by atoms with E-state index in [1.54, 1.807) is 19.2 Å². The maximum atomic E-state index is 12.9. The molecule has 2 aromatic carbocycles. The van der Waals surface area contributed by atoms with E-state index in [1.807, 2.05) is 36.2 Å². The summed E-state index contributed by atoms with van der Waals surface area (Å²) in [5, 5.41) is 13.9. The molecule has 7 nitrogen and oxygen atoms in total. The van der Waals surface area contributed by atoms with E-state index in [-0.39, 0.29) is 11.9 Å². The smallest absolute Gasteiger partial charge is 0.254 e. The lowest BCUT2D eigenvalue weighted by Gasteiger charge is -2.25. The van der Waals surface area contributed by atoms with Gasteiger partial charge in [-0.05, 0) is 47.4 Å². The number of aromatic amines is 1. The van der Waals surface area contributed by atoms with Gasteiger partial charge < -0.3 is 9.64 Å². The van der Waals surface area contributed by atoms with Crippen molar-refractivity contribution >= 4 is 5.91 Å². The molecule has 0 aliphatic heterocycles. The average molecular weight is 349 g/mol. The number of tetrazole rings is 1. The molecule has 1 N–H and O–H groups in total. The molecule has 1 heterocycles. The van der Waals surface area contributed by atoms with Crippen LogP contribution in [0.15, 0.2) is 42.5 Å². The van der Waals surface area contributed by atoms with Gasteiger partial charge in [0.1, 0.15) is 5.75 Å². The molecule has 0 radical (unpaired) electrons. The normalized spacial score (nSPS) is 15.5. The Balaban J connectivity index is 1.56. The third-order valence-corrected chi connectivity index (χ3v) is 4.94. The number of methoxy groups -OCH3 is 1. The van der Waals surface area contributed by atoms with Gasteiger partial charge in [-0.25, -0.2) is 0 Å². The molecule has 1 atom stereocenters. The van der Waals surface area contributed by atoms with Crippen molar-refractivity contribution in [3.05, 3.63) is 59.2 Å². The van der Waals surface area contributed by atoms with Gasteiger partial charge >= 0.3 is 0 Å². The standard InChI is InChI=1S/C19H19N5O2/c1-24(16-11-10-15-14(16)4-3-5-17(15)26-2)19(25)13-8-6-12(7-9-13)18-20-22-23-21-18/h3-9,16H,10-11H2,1-2H3,(H,20,21,22,23). The molecule has 1 amide bonds. The van der Waals surface area contributed by atoms with Gasteiger partial charge in [0.15, 0.2) is 0 Å². The molecule has 1 unspecified atom stereocenters. The maximum Gasteiger partial charge on any atom is 0.254 e. The Morgan fingerprint density at radius 2 is 2.04 bits per heavy atom. The summed E-state index contributed by atoms with van der Waals surface area (Å²) in [5.74, 6) is 1.40. The Hall–Kier alpha value is -3.22. The second-order valence-corrected chi connectivity index (χ2v) is 6.31. The number of H-pyrrole nitrogens is 1. The summed E-state index contributed by atoms with van der Waals surface area (Å²) in [6.45, 7) is 0. The van der Waals surface area contributed by atoms with Crippen LogP contribution >= 0.6 is 0 Å². The van der Waals surface area contributed by atoms with E-state index in [9.17, 15) is 4.79 Å². The summed E-state index contributed by atoms with van der Waals surface area (Å²) >= 11 is 0. The Morgan fingerprint density at radius 3 is 2.73 bits per heavy atom. The summed E-state index contributed by atoms with van der Waals surface area (Å²) < 4.78 is 5.46. The van der Waals surface area contributed by atoms with Crippen LogP contribution in [-0.4, -0.2) is 45.6 Å². The minimum absolute atomic E-state index is 0.00895. The number of fused-ring (bicyclic) bond motifs is 1. The number of carbonyl (C=O) groups excluding carboxylic acids is 1. The molecule has 4 rings (SSSR count). The molecule has 1 aliphatic carbocycles. The second-order valence-electron chi connectivity index (χ2n) is 6.31. The van der Waals surface area contributed by atoms with Crippen molar-refractivity contribution in [3.8, 4) is 17.1 Å². The quantitative estimate of drug-likeness (QED) is 0.783. The van der Waals surface area contributed by atoms with Crippen LogP contribution in [-0.2, 0) is 6.42 Å². The second kappa shape index (κ2) is 6.59. The topological polar surface area (TPSA) is 84.0 Å². The molecule has 1 aliphatic rings. The van der Waals surface area contributed by atoms with Crippen molar-refractivity contribution in [2.45, 2.75) is 18.9 Å². The Kier molecular flexibility index (Phi) is 4.12. The Bertz CT molecular complexity index is 922.